The molecule has 1 rings (SSSR count). The Morgan fingerprint density at radius 1 is 1.50 bits per heavy atom. The molecule has 0 spiro atoms. The van der Waals surface area contributed by atoms with Crippen molar-refractivity contribution in [2.45, 2.75) is 38.9 Å². The van der Waals surface area contributed by atoms with Crippen LogP contribution >= 0.6 is 0 Å². The van der Waals surface area contributed by atoms with E-state index in [9.17, 15) is 4.79 Å². The standard InChI is InChI=1S/C12H20O4/c1-3-14-12(13)10(2)7-9-16-11-6-4-5-8-15-11/h11H,2-9H2,1H3. The molecule has 1 unspecified atom stereocenters. The van der Waals surface area contributed by atoms with Gasteiger partial charge in [0.1, 0.15) is 0 Å². The molecule has 0 saturated carbocycles. The van der Waals surface area contributed by atoms with Gasteiger partial charge in [0.05, 0.1) is 13.2 Å². The predicted octanol–water partition coefficient (Wildman–Crippen LogP) is 2.04. The number of hydrogen-bond donors (Lipinski definition) is 0. The van der Waals surface area contributed by atoms with Gasteiger partial charge in [0.2, 0.25) is 0 Å². The molecule has 0 aromatic rings. The molecule has 0 aromatic heterocycles. The second-order valence-electron chi connectivity index (χ2n) is 3.74. The summed E-state index contributed by atoms with van der Waals surface area (Å²) in [5.74, 6) is -0.337. The number of rotatable bonds is 6. The van der Waals surface area contributed by atoms with Crippen LogP contribution in [-0.2, 0) is 19.0 Å². The highest BCUT2D eigenvalue weighted by Gasteiger charge is 2.14. The summed E-state index contributed by atoms with van der Waals surface area (Å²) in [5, 5.41) is 0. The summed E-state index contributed by atoms with van der Waals surface area (Å²) < 4.78 is 15.7. The quantitative estimate of drug-likeness (QED) is 0.515. The van der Waals surface area contributed by atoms with E-state index in [1.807, 2.05) is 0 Å². The Bertz CT molecular complexity index is 231. The molecule has 1 atom stereocenters. The van der Waals surface area contributed by atoms with Crippen LogP contribution in [0, 0.1) is 0 Å². The summed E-state index contributed by atoms with van der Waals surface area (Å²) in [5.41, 5.74) is 0.456. The van der Waals surface area contributed by atoms with Crippen molar-refractivity contribution in [1.82, 2.24) is 0 Å². The first-order valence-electron chi connectivity index (χ1n) is 5.82. The summed E-state index contributed by atoms with van der Waals surface area (Å²) in [6, 6.07) is 0. The van der Waals surface area contributed by atoms with Gasteiger partial charge in [0, 0.05) is 18.6 Å². The monoisotopic (exact) mass is 228 g/mol. The number of esters is 1. The van der Waals surface area contributed by atoms with Gasteiger partial charge in [-0.25, -0.2) is 4.79 Å². The Balaban J connectivity index is 2.09. The largest absolute Gasteiger partial charge is 0.463 e. The molecule has 4 nitrogen and oxygen atoms in total. The fraction of sp³-hybridized carbons (Fsp3) is 0.750. The van der Waals surface area contributed by atoms with E-state index >= 15 is 0 Å². The Kier molecular flexibility index (Phi) is 6.11. The lowest BCUT2D eigenvalue weighted by atomic mass is 10.2. The smallest absolute Gasteiger partial charge is 0.333 e. The van der Waals surface area contributed by atoms with Crippen molar-refractivity contribution in [3.05, 3.63) is 12.2 Å². The third-order valence-corrected chi connectivity index (χ3v) is 2.41. The third kappa shape index (κ3) is 4.77. The maximum absolute atomic E-state index is 11.2. The highest BCUT2D eigenvalue weighted by Crippen LogP contribution is 2.14. The first kappa shape index (κ1) is 13.2. The lowest BCUT2D eigenvalue weighted by molar-refractivity contribution is -0.162. The van der Waals surface area contributed by atoms with E-state index in [-0.39, 0.29) is 12.3 Å². The Morgan fingerprint density at radius 2 is 2.31 bits per heavy atom. The molecule has 16 heavy (non-hydrogen) atoms. The van der Waals surface area contributed by atoms with Crippen LogP contribution in [0.5, 0.6) is 0 Å². The molecule has 0 radical (unpaired) electrons. The normalized spacial score (nSPS) is 20.4. The molecule has 0 aromatic carbocycles. The zero-order valence-electron chi connectivity index (χ0n) is 9.87. The second-order valence-corrected chi connectivity index (χ2v) is 3.74. The van der Waals surface area contributed by atoms with Crippen LogP contribution in [0.15, 0.2) is 12.2 Å². The van der Waals surface area contributed by atoms with Crippen molar-refractivity contribution in [2.24, 2.45) is 0 Å². The van der Waals surface area contributed by atoms with Crippen molar-refractivity contribution in [3.8, 4) is 0 Å². The van der Waals surface area contributed by atoms with E-state index in [4.69, 9.17) is 14.2 Å². The SMILES string of the molecule is C=C(CCOC1CCCCO1)C(=O)OCC. The van der Waals surface area contributed by atoms with Gasteiger partial charge in [-0.3, -0.25) is 0 Å². The van der Waals surface area contributed by atoms with E-state index in [1.165, 1.54) is 0 Å². The van der Waals surface area contributed by atoms with Gasteiger partial charge in [-0.05, 0) is 26.2 Å². The molecule has 4 heteroatoms. The molecular formula is C12H20O4. The molecule has 0 amide bonds. The average Bonchev–Trinajstić information content (AvgIpc) is 2.30. The van der Waals surface area contributed by atoms with Crippen molar-refractivity contribution < 1.29 is 19.0 Å². The minimum absolute atomic E-state index is 0.108. The molecule has 1 aliphatic heterocycles. The topological polar surface area (TPSA) is 44.8 Å². The zero-order chi connectivity index (χ0) is 11.8. The summed E-state index contributed by atoms with van der Waals surface area (Å²) in [4.78, 5) is 11.2. The van der Waals surface area contributed by atoms with Crippen molar-refractivity contribution in [2.75, 3.05) is 19.8 Å². The Labute approximate surface area is 96.6 Å². The van der Waals surface area contributed by atoms with E-state index in [0.29, 0.717) is 25.2 Å². The van der Waals surface area contributed by atoms with Crippen LogP contribution in [0.2, 0.25) is 0 Å². The first-order chi connectivity index (χ1) is 7.74. The highest BCUT2D eigenvalue weighted by molar-refractivity contribution is 5.87. The molecule has 92 valence electrons. The average molecular weight is 228 g/mol. The molecule has 1 fully saturated rings. The lowest BCUT2D eigenvalue weighted by Crippen LogP contribution is -2.23. The van der Waals surface area contributed by atoms with Gasteiger partial charge in [-0.15, -0.1) is 0 Å². The molecule has 1 aliphatic rings. The molecule has 1 saturated heterocycles. The Hall–Kier alpha value is -0.870. The minimum Gasteiger partial charge on any atom is -0.463 e. The minimum atomic E-state index is -0.337. The van der Waals surface area contributed by atoms with Crippen LogP contribution in [0.3, 0.4) is 0 Å². The highest BCUT2D eigenvalue weighted by atomic mass is 16.7. The maximum atomic E-state index is 11.2. The van der Waals surface area contributed by atoms with Crippen molar-refractivity contribution >= 4 is 5.97 Å². The summed E-state index contributed by atoms with van der Waals surface area (Å²) in [7, 11) is 0. The van der Waals surface area contributed by atoms with Gasteiger partial charge >= 0.3 is 5.97 Å². The van der Waals surface area contributed by atoms with Crippen molar-refractivity contribution in [3.63, 3.8) is 0 Å². The Morgan fingerprint density at radius 3 is 2.94 bits per heavy atom. The first-order valence-corrected chi connectivity index (χ1v) is 5.82. The molecular weight excluding hydrogens is 208 g/mol. The molecule has 0 N–H and O–H groups in total. The molecule has 0 aliphatic carbocycles. The van der Waals surface area contributed by atoms with Crippen LogP contribution in [0.25, 0.3) is 0 Å². The number of ether oxygens (including phenoxy) is 3. The zero-order valence-corrected chi connectivity index (χ0v) is 9.87. The maximum Gasteiger partial charge on any atom is 0.333 e. The van der Waals surface area contributed by atoms with E-state index < -0.39 is 0 Å². The van der Waals surface area contributed by atoms with Gasteiger partial charge in [0.15, 0.2) is 6.29 Å². The van der Waals surface area contributed by atoms with Gasteiger partial charge in [0.25, 0.3) is 0 Å². The van der Waals surface area contributed by atoms with Crippen LogP contribution in [0.1, 0.15) is 32.6 Å². The van der Waals surface area contributed by atoms with Crippen LogP contribution in [0.4, 0.5) is 0 Å². The molecule has 0 bridgehead atoms. The van der Waals surface area contributed by atoms with Crippen molar-refractivity contribution in [1.29, 1.82) is 0 Å². The lowest BCUT2D eigenvalue weighted by Gasteiger charge is -2.22. The fourth-order valence-electron chi connectivity index (χ4n) is 1.49. The number of carbonyl (C=O) groups is 1. The van der Waals surface area contributed by atoms with E-state index in [1.54, 1.807) is 6.92 Å². The summed E-state index contributed by atoms with van der Waals surface area (Å²) >= 11 is 0. The number of hydrogen-bond acceptors (Lipinski definition) is 4. The fourth-order valence-corrected chi connectivity index (χ4v) is 1.49. The van der Waals surface area contributed by atoms with Crippen LogP contribution < -0.4 is 0 Å². The van der Waals surface area contributed by atoms with E-state index in [0.717, 1.165) is 25.9 Å². The number of carbonyl (C=O) groups excluding carboxylic acids is 1. The predicted molar refractivity (Wildman–Crippen MR) is 59.9 cm³/mol. The van der Waals surface area contributed by atoms with Gasteiger partial charge < -0.3 is 14.2 Å². The summed E-state index contributed by atoms with van der Waals surface area (Å²) in [6.45, 7) is 7.04. The van der Waals surface area contributed by atoms with Crippen LogP contribution in [-0.4, -0.2) is 32.1 Å². The van der Waals surface area contributed by atoms with E-state index in [2.05, 4.69) is 6.58 Å². The summed E-state index contributed by atoms with van der Waals surface area (Å²) in [6.07, 6.45) is 3.58. The second kappa shape index (κ2) is 7.41. The third-order valence-electron chi connectivity index (χ3n) is 2.41. The molecule has 1 heterocycles. The van der Waals surface area contributed by atoms with Gasteiger partial charge in [-0.1, -0.05) is 6.58 Å². The van der Waals surface area contributed by atoms with Gasteiger partial charge in [-0.2, -0.15) is 0 Å².